The average Bonchev–Trinajstić information content (AvgIpc) is 3.53. The molecule has 10 nitrogen and oxygen atoms in total. The number of aliphatic hydroxyl groups excluding tert-OH is 2. The fourth-order valence-electron chi connectivity index (χ4n) is 5.16. The summed E-state index contributed by atoms with van der Waals surface area (Å²) in [6, 6.07) is 6.77. The number of nitrogens with zero attached hydrogens (tertiary/aromatic N) is 7. The Hall–Kier alpha value is -3.85. The molecule has 1 fully saturated rings. The maximum absolute atomic E-state index is 13.4. The number of aromatic nitrogens is 5. The van der Waals surface area contributed by atoms with E-state index in [0.717, 1.165) is 42.4 Å². The number of rotatable bonds is 8. The zero-order chi connectivity index (χ0) is 26.8. The Balaban J connectivity index is 1.49. The maximum Gasteiger partial charge on any atom is 0.148 e. The van der Waals surface area contributed by atoms with Gasteiger partial charge in [0.25, 0.3) is 0 Å². The van der Waals surface area contributed by atoms with Crippen molar-refractivity contribution in [3.8, 4) is 22.9 Å². The third-order valence-electron chi connectivity index (χ3n) is 7.24. The second kappa shape index (κ2) is 10.9. The summed E-state index contributed by atoms with van der Waals surface area (Å²) in [5.74, 6) is 0.0320. The summed E-state index contributed by atoms with van der Waals surface area (Å²) in [6.45, 7) is 5.17. The standard InChI is InChI=1S/C27H30FN7O3/c1-17-24(12-32-35(17)22-4-3-7-33(14-22)23(15-36)16-37)19-8-26(27-20(9-29)10-31-34(27)13-19)38-18(2)25-6-5-21(28)11-30-25/h5-6,8,10-13,18,22-23,36-37H,3-4,7,14-16H2,1-2H3/t18-,22+/m1/s1. The van der Waals surface area contributed by atoms with E-state index in [-0.39, 0.29) is 25.3 Å². The third kappa shape index (κ3) is 4.86. The maximum atomic E-state index is 13.4. The van der Waals surface area contributed by atoms with Gasteiger partial charge in [0.2, 0.25) is 0 Å². The van der Waals surface area contributed by atoms with E-state index in [1.54, 1.807) is 10.6 Å². The van der Waals surface area contributed by atoms with E-state index in [2.05, 4.69) is 21.1 Å². The van der Waals surface area contributed by atoms with Gasteiger partial charge in [-0.3, -0.25) is 14.6 Å². The van der Waals surface area contributed by atoms with Crippen molar-refractivity contribution in [3.05, 3.63) is 65.8 Å². The fraction of sp³-hybridized carbons (Fsp3) is 0.407. The van der Waals surface area contributed by atoms with E-state index in [1.807, 2.05) is 37.0 Å². The number of nitriles is 1. The highest BCUT2D eigenvalue weighted by molar-refractivity contribution is 5.76. The summed E-state index contributed by atoms with van der Waals surface area (Å²) in [5, 5.41) is 38.0. The van der Waals surface area contributed by atoms with Gasteiger partial charge in [-0.25, -0.2) is 8.91 Å². The number of pyridine rings is 2. The lowest BCUT2D eigenvalue weighted by Gasteiger charge is -2.37. The molecule has 2 atom stereocenters. The minimum absolute atomic E-state index is 0.0875. The molecular weight excluding hydrogens is 489 g/mol. The predicted molar refractivity (Wildman–Crippen MR) is 137 cm³/mol. The molecule has 0 saturated carbocycles. The van der Waals surface area contributed by atoms with Gasteiger partial charge in [0, 0.05) is 29.6 Å². The number of ether oxygens (including phenoxy) is 1. The highest BCUT2D eigenvalue weighted by atomic mass is 19.1. The third-order valence-corrected chi connectivity index (χ3v) is 7.24. The van der Waals surface area contributed by atoms with Crippen LogP contribution >= 0.6 is 0 Å². The molecule has 0 aliphatic carbocycles. The van der Waals surface area contributed by atoms with Crippen molar-refractivity contribution in [1.82, 2.24) is 29.3 Å². The molecule has 5 heterocycles. The molecule has 1 saturated heterocycles. The van der Waals surface area contributed by atoms with Gasteiger partial charge in [0.1, 0.15) is 34.8 Å². The van der Waals surface area contributed by atoms with Crippen LogP contribution < -0.4 is 4.74 Å². The number of piperidine rings is 1. The summed E-state index contributed by atoms with van der Waals surface area (Å²) in [7, 11) is 0. The lowest BCUT2D eigenvalue weighted by Crippen LogP contribution is -2.47. The monoisotopic (exact) mass is 519 g/mol. The molecule has 0 bridgehead atoms. The van der Waals surface area contributed by atoms with Crippen LogP contribution in [0.2, 0.25) is 0 Å². The Labute approximate surface area is 219 Å². The Morgan fingerprint density at radius 2 is 2.03 bits per heavy atom. The van der Waals surface area contributed by atoms with Gasteiger partial charge in [0.15, 0.2) is 0 Å². The molecule has 1 aliphatic rings. The van der Waals surface area contributed by atoms with Gasteiger partial charge in [-0.15, -0.1) is 0 Å². The summed E-state index contributed by atoms with van der Waals surface area (Å²) in [4.78, 5) is 6.25. The molecule has 11 heteroatoms. The van der Waals surface area contributed by atoms with Crippen molar-refractivity contribution in [2.75, 3.05) is 26.3 Å². The van der Waals surface area contributed by atoms with E-state index in [4.69, 9.17) is 9.84 Å². The first-order valence-electron chi connectivity index (χ1n) is 12.6. The summed E-state index contributed by atoms with van der Waals surface area (Å²) >= 11 is 0. The molecule has 198 valence electrons. The number of hydrogen-bond donors (Lipinski definition) is 2. The Morgan fingerprint density at radius 3 is 2.74 bits per heavy atom. The van der Waals surface area contributed by atoms with E-state index < -0.39 is 11.9 Å². The summed E-state index contributed by atoms with van der Waals surface area (Å²) < 4.78 is 23.3. The SMILES string of the molecule is Cc1c(-c2cc(O[C@H](C)c3ccc(F)cn3)c3c(C#N)cnn3c2)cnn1[C@H]1CCCN(C(CO)CO)C1. The van der Waals surface area contributed by atoms with Crippen LogP contribution in [0.4, 0.5) is 4.39 Å². The number of likely N-dealkylation sites (tertiary alicyclic amines) is 1. The Morgan fingerprint density at radius 1 is 1.21 bits per heavy atom. The van der Waals surface area contributed by atoms with Crippen molar-refractivity contribution in [2.45, 2.75) is 44.9 Å². The van der Waals surface area contributed by atoms with Crippen LogP contribution in [-0.2, 0) is 0 Å². The van der Waals surface area contributed by atoms with Crippen molar-refractivity contribution in [1.29, 1.82) is 5.26 Å². The normalized spacial score (nSPS) is 17.1. The second-order valence-corrected chi connectivity index (χ2v) is 9.62. The number of fused-ring (bicyclic) bond motifs is 1. The van der Waals surface area contributed by atoms with Crippen molar-refractivity contribution >= 4 is 5.52 Å². The summed E-state index contributed by atoms with van der Waals surface area (Å²) in [5.41, 5.74) is 4.16. The highest BCUT2D eigenvalue weighted by Crippen LogP contribution is 2.35. The molecule has 38 heavy (non-hydrogen) atoms. The average molecular weight is 520 g/mol. The zero-order valence-corrected chi connectivity index (χ0v) is 21.3. The molecule has 1 aliphatic heterocycles. The van der Waals surface area contributed by atoms with E-state index >= 15 is 0 Å². The first-order valence-corrected chi connectivity index (χ1v) is 12.6. The van der Waals surface area contributed by atoms with Gasteiger partial charge in [-0.1, -0.05) is 0 Å². The smallest absolute Gasteiger partial charge is 0.148 e. The molecule has 4 aromatic rings. The Bertz CT molecular complexity index is 1460. The minimum Gasteiger partial charge on any atom is -0.482 e. The molecule has 0 radical (unpaired) electrons. The summed E-state index contributed by atoms with van der Waals surface area (Å²) in [6.07, 6.45) is 7.70. The van der Waals surface area contributed by atoms with Gasteiger partial charge in [-0.05, 0) is 51.4 Å². The molecule has 0 unspecified atom stereocenters. The molecule has 5 rings (SSSR count). The predicted octanol–water partition coefficient (Wildman–Crippen LogP) is 3.04. The molecule has 0 aromatic carbocycles. The van der Waals surface area contributed by atoms with Crippen LogP contribution in [0.15, 0.2) is 43.0 Å². The number of aliphatic hydroxyl groups is 2. The molecule has 2 N–H and O–H groups in total. The quantitative estimate of drug-likeness (QED) is 0.364. The number of hydrogen-bond acceptors (Lipinski definition) is 8. The van der Waals surface area contributed by atoms with E-state index in [1.165, 1.54) is 12.3 Å². The van der Waals surface area contributed by atoms with E-state index in [9.17, 15) is 19.9 Å². The molecule has 0 spiro atoms. The lowest BCUT2D eigenvalue weighted by atomic mass is 10.0. The van der Waals surface area contributed by atoms with Crippen LogP contribution in [0.3, 0.4) is 0 Å². The van der Waals surface area contributed by atoms with Gasteiger partial charge in [0.05, 0.1) is 49.6 Å². The largest absolute Gasteiger partial charge is 0.482 e. The van der Waals surface area contributed by atoms with Crippen molar-refractivity contribution in [3.63, 3.8) is 0 Å². The molecule has 0 amide bonds. The molecule has 4 aromatic heterocycles. The van der Waals surface area contributed by atoms with Crippen LogP contribution in [0, 0.1) is 24.1 Å². The second-order valence-electron chi connectivity index (χ2n) is 9.62. The van der Waals surface area contributed by atoms with Crippen LogP contribution in [0.1, 0.15) is 48.9 Å². The fourth-order valence-corrected chi connectivity index (χ4v) is 5.16. The van der Waals surface area contributed by atoms with Crippen LogP contribution in [-0.4, -0.2) is 71.8 Å². The van der Waals surface area contributed by atoms with Crippen LogP contribution in [0.25, 0.3) is 16.6 Å². The van der Waals surface area contributed by atoms with Crippen molar-refractivity contribution in [2.24, 2.45) is 0 Å². The minimum atomic E-state index is -0.501. The van der Waals surface area contributed by atoms with Crippen LogP contribution in [0.5, 0.6) is 5.75 Å². The Kier molecular flexibility index (Phi) is 7.37. The topological polar surface area (TPSA) is 125 Å². The zero-order valence-electron chi connectivity index (χ0n) is 21.3. The van der Waals surface area contributed by atoms with Gasteiger partial charge in [-0.2, -0.15) is 15.5 Å². The van der Waals surface area contributed by atoms with Crippen molar-refractivity contribution < 1.29 is 19.3 Å². The first kappa shape index (κ1) is 25.8. The molecular formula is C27H30FN7O3. The lowest BCUT2D eigenvalue weighted by molar-refractivity contribution is 0.0439. The number of halogens is 1. The highest BCUT2D eigenvalue weighted by Gasteiger charge is 2.28. The van der Waals surface area contributed by atoms with E-state index in [0.29, 0.717) is 29.1 Å². The van der Waals surface area contributed by atoms with Gasteiger partial charge >= 0.3 is 0 Å². The first-order chi connectivity index (χ1) is 18.4. The van der Waals surface area contributed by atoms with Gasteiger partial charge < -0.3 is 14.9 Å².